The number of rotatable bonds is 4. The summed E-state index contributed by atoms with van der Waals surface area (Å²) in [5.41, 5.74) is 9.90. The van der Waals surface area contributed by atoms with Crippen LogP contribution in [-0.2, 0) is 6.54 Å². The standard InChI is InChI=1S/C14H15N3S/c1-10-8-16-7-6-11(10)9-17-13-5-3-2-4-12(13)14(15)18/h2-8,17H,9H2,1H3,(H2,15,18). The van der Waals surface area contributed by atoms with Gasteiger partial charge in [-0.3, -0.25) is 4.98 Å². The van der Waals surface area contributed by atoms with E-state index in [0.29, 0.717) is 4.99 Å². The van der Waals surface area contributed by atoms with E-state index in [4.69, 9.17) is 18.0 Å². The highest BCUT2D eigenvalue weighted by atomic mass is 32.1. The molecule has 0 saturated heterocycles. The molecule has 0 fully saturated rings. The summed E-state index contributed by atoms with van der Waals surface area (Å²) in [5, 5.41) is 3.36. The molecule has 3 N–H and O–H groups in total. The van der Waals surface area contributed by atoms with E-state index in [1.165, 1.54) is 5.56 Å². The Morgan fingerprint density at radius 3 is 2.83 bits per heavy atom. The Labute approximate surface area is 112 Å². The monoisotopic (exact) mass is 257 g/mol. The molecular weight excluding hydrogens is 242 g/mol. The zero-order chi connectivity index (χ0) is 13.0. The summed E-state index contributed by atoms with van der Waals surface area (Å²) in [4.78, 5) is 4.48. The van der Waals surface area contributed by atoms with Crippen LogP contribution in [-0.4, -0.2) is 9.97 Å². The lowest BCUT2D eigenvalue weighted by atomic mass is 10.1. The molecule has 0 spiro atoms. The highest BCUT2D eigenvalue weighted by molar-refractivity contribution is 7.80. The van der Waals surface area contributed by atoms with Crippen LogP contribution in [0.15, 0.2) is 42.7 Å². The Kier molecular flexibility index (Phi) is 3.89. The molecule has 0 saturated carbocycles. The summed E-state index contributed by atoms with van der Waals surface area (Å²) in [6, 6.07) is 9.79. The lowest BCUT2D eigenvalue weighted by molar-refractivity contribution is 1.09. The van der Waals surface area contributed by atoms with Crippen LogP contribution < -0.4 is 11.1 Å². The van der Waals surface area contributed by atoms with Crippen molar-refractivity contribution in [1.82, 2.24) is 4.98 Å². The number of benzene rings is 1. The first-order valence-electron chi connectivity index (χ1n) is 5.70. The van der Waals surface area contributed by atoms with Gasteiger partial charge in [0.2, 0.25) is 0 Å². The third kappa shape index (κ3) is 2.84. The smallest absolute Gasteiger partial charge is 0.106 e. The van der Waals surface area contributed by atoms with Crippen LogP contribution in [0.4, 0.5) is 5.69 Å². The fraction of sp³-hybridized carbons (Fsp3) is 0.143. The second-order valence-electron chi connectivity index (χ2n) is 4.07. The molecule has 3 nitrogen and oxygen atoms in total. The molecule has 1 aromatic carbocycles. The van der Waals surface area contributed by atoms with Crippen molar-refractivity contribution in [3.05, 3.63) is 59.4 Å². The third-order valence-electron chi connectivity index (χ3n) is 2.80. The summed E-state index contributed by atoms with van der Waals surface area (Å²) in [6.07, 6.45) is 3.65. The summed E-state index contributed by atoms with van der Waals surface area (Å²) >= 11 is 5.03. The van der Waals surface area contributed by atoms with Crippen molar-refractivity contribution >= 4 is 22.9 Å². The van der Waals surface area contributed by atoms with E-state index >= 15 is 0 Å². The molecule has 2 rings (SSSR count). The van der Waals surface area contributed by atoms with E-state index in [0.717, 1.165) is 23.4 Å². The number of nitrogens with two attached hydrogens (primary N) is 1. The molecule has 0 atom stereocenters. The molecule has 2 aromatic rings. The number of nitrogens with zero attached hydrogens (tertiary/aromatic N) is 1. The summed E-state index contributed by atoms with van der Waals surface area (Å²) < 4.78 is 0. The minimum Gasteiger partial charge on any atom is -0.389 e. The van der Waals surface area contributed by atoms with Gasteiger partial charge >= 0.3 is 0 Å². The van der Waals surface area contributed by atoms with E-state index in [1.54, 1.807) is 6.20 Å². The van der Waals surface area contributed by atoms with Gasteiger partial charge in [0.05, 0.1) is 0 Å². The van der Waals surface area contributed by atoms with Crippen LogP contribution in [0.25, 0.3) is 0 Å². The first kappa shape index (κ1) is 12.5. The van der Waals surface area contributed by atoms with Crippen LogP contribution in [0.2, 0.25) is 0 Å². The highest BCUT2D eigenvalue weighted by Crippen LogP contribution is 2.16. The maximum Gasteiger partial charge on any atom is 0.106 e. The molecule has 1 aromatic heterocycles. The zero-order valence-electron chi connectivity index (χ0n) is 10.2. The van der Waals surface area contributed by atoms with Gasteiger partial charge in [0, 0.05) is 30.2 Å². The quantitative estimate of drug-likeness (QED) is 0.827. The molecule has 1 heterocycles. The van der Waals surface area contributed by atoms with Crippen molar-refractivity contribution in [2.24, 2.45) is 5.73 Å². The lowest BCUT2D eigenvalue weighted by Gasteiger charge is -2.12. The number of aromatic nitrogens is 1. The highest BCUT2D eigenvalue weighted by Gasteiger charge is 2.04. The molecule has 0 radical (unpaired) electrons. The van der Waals surface area contributed by atoms with Gasteiger partial charge in [-0.2, -0.15) is 0 Å². The normalized spacial score (nSPS) is 10.1. The van der Waals surface area contributed by atoms with Gasteiger partial charge in [-0.15, -0.1) is 0 Å². The predicted molar refractivity (Wildman–Crippen MR) is 78.6 cm³/mol. The molecule has 0 aliphatic heterocycles. The molecule has 4 heteroatoms. The van der Waals surface area contributed by atoms with E-state index in [-0.39, 0.29) is 0 Å². The van der Waals surface area contributed by atoms with Crippen LogP contribution >= 0.6 is 12.2 Å². The van der Waals surface area contributed by atoms with Crippen molar-refractivity contribution in [3.8, 4) is 0 Å². The van der Waals surface area contributed by atoms with Crippen LogP contribution in [0, 0.1) is 6.92 Å². The minimum atomic E-state index is 0.407. The summed E-state index contributed by atoms with van der Waals surface area (Å²) in [6.45, 7) is 2.78. The van der Waals surface area contributed by atoms with Gasteiger partial charge < -0.3 is 11.1 Å². The molecule has 92 valence electrons. The fourth-order valence-electron chi connectivity index (χ4n) is 1.74. The SMILES string of the molecule is Cc1cnccc1CNc1ccccc1C(N)=S. The second-order valence-corrected chi connectivity index (χ2v) is 4.51. The fourth-order valence-corrected chi connectivity index (χ4v) is 1.92. The first-order valence-corrected chi connectivity index (χ1v) is 6.11. The number of pyridine rings is 1. The number of para-hydroxylation sites is 1. The first-order chi connectivity index (χ1) is 8.68. The zero-order valence-corrected chi connectivity index (χ0v) is 11.0. The van der Waals surface area contributed by atoms with E-state index < -0.39 is 0 Å². The van der Waals surface area contributed by atoms with Gasteiger partial charge in [-0.1, -0.05) is 24.4 Å². The van der Waals surface area contributed by atoms with Gasteiger partial charge in [0.25, 0.3) is 0 Å². The third-order valence-corrected chi connectivity index (χ3v) is 3.02. The molecule has 0 bridgehead atoms. The molecule has 18 heavy (non-hydrogen) atoms. The Balaban J connectivity index is 2.16. The Hall–Kier alpha value is -1.94. The van der Waals surface area contributed by atoms with E-state index in [1.807, 2.05) is 43.5 Å². The minimum absolute atomic E-state index is 0.407. The molecule has 0 aliphatic rings. The van der Waals surface area contributed by atoms with Crippen molar-refractivity contribution in [2.75, 3.05) is 5.32 Å². The summed E-state index contributed by atoms with van der Waals surface area (Å²) in [5.74, 6) is 0. The maximum atomic E-state index is 5.69. The Morgan fingerprint density at radius 1 is 1.33 bits per heavy atom. The summed E-state index contributed by atoms with van der Waals surface area (Å²) in [7, 11) is 0. The Morgan fingerprint density at radius 2 is 2.11 bits per heavy atom. The number of nitrogens with one attached hydrogen (secondary N) is 1. The average molecular weight is 257 g/mol. The number of hydrogen-bond donors (Lipinski definition) is 2. The maximum absolute atomic E-state index is 5.69. The van der Waals surface area contributed by atoms with Crippen molar-refractivity contribution in [2.45, 2.75) is 13.5 Å². The van der Waals surface area contributed by atoms with Gasteiger partial charge in [-0.25, -0.2) is 0 Å². The van der Waals surface area contributed by atoms with Crippen LogP contribution in [0.5, 0.6) is 0 Å². The van der Waals surface area contributed by atoms with Crippen molar-refractivity contribution < 1.29 is 0 Å². The predicted octanol–water partition coefficient (Wildman–Crippen LogP) is 2.64. The van der Waals surface area contributed by atoms with Crippen molar-refractivity contribution in [3.63, 3.8) is 0 Å². The van der Waals surface area contributed by atoms with E-state index in [9.17, 15) is 0 Å². The van der Waals surface area contributed by atoms with Crippen LogP contribution in [0.1, 0.15) is 16.7 Å². The molecule has 0 unspecified atom stereocenters. The Bertz CT molecular complexity index is 566. The largest absolute Gasteiger partial charge is 0.389 e. The number of hydrogen-bond acceptors (Lipinski definition) is 3. The molecular formula is C14H15N3S. The second kappa shape index (κ2) is 5.60. The number of thiocarbonyl (C=S) groups is 1. The van der Waals surface area contributed by atoms with Gasteiger partial charge in [-0.05, 0) is 36.2 Å². The molecule has 0 amide bonds. The average Bonchev–Trinajstić information content (AvgIpc) is 2.38. The lowest BCUT2D eigenvalue weighted by Crippen LogP contribution is -2.13. The number of anilines is 1. The van der Waals surface area contributed by atoms with Crippen molar-refractivity contribution in [1.29, 1.82) is 0 Å². The van der Waals surface area contributed by atoms with Gasteiger partial charge in [0.15, 0.2) is 0 Å². The molecule has 0 aliphatic carbocycles. The van der Waals surface area contributed by atoms with E-state index in [2.05, 4.69) is 10.3 Å². The van der Waals surface area contributed by atoms with Crippen LogP contribution in [0.3, 0.4) is 0 Å². The number of aryl methyl sites for hydroxylation is 1. The topological polar surface area (TPSA) is 50.9 Å². The van der Waals surface area contributed by atoms with Gasteiger partial charge in [0.1, 0.15) is 4.99 Å².